The summed E-state index contributed by atoms with van der Waals surface area (Å²) in [5.74, 6) is 0.959. The second-order valence-corrected chi connectivity index (χ2v) is 8.93. The van der Waals surface area contributed by atoms with E-state index in [0.29, 0.717) is 55.9 Å². The largest absolute Gasteiger partial charge is 0.387 e. The van der Waals surface area contributed by atoms with E-state index in [9.17, 15) is 9.59 Å². The number of fused-ring (bicyclic) bond motifs is 1. The molecule has 2 aromatic carbocycles. The molecule has 9 nitrogen and oxygen atoms in total. The summed E-state index contributed by atoms with van der Waals surface area (Å²) >= 11 is 6.17. The number of anilines is 2. The highest BCUT2D eigenvalue weighted by molar-refractivity contribution is 6.30. The van der Waals surface area contributed by atoms with E-state index in [1.807, 2.05) is 66.4 Å². The lowest BCUT2D eigenvalue weighted by molar-refractivity contribution is -0.134. The number of aliphatic hydroxyl groups is 1. The van der Waals surface area contributed by atoms with Gasteiger partial charge in [-0.3, -0.25) is 9.59 Å². The summed E-state index contributed by atoms with van der Waals surface area (Å²) in [5.41, 5.74) is 3.52. The number of halogens is 1. The van der Waals surface area contributed by atoms with Gasteiger partial charge in [-0.15, -0.1) is 0 Å². The Hall–Kier alpha value is -3.95. The van der Waals surface area contributed by atoms with Crippen LogP contribution >= 0.6 is 11.6 Å². The number of amides is 2. The highest BCUT2D eigenvalue weighted by Crippen LogP contribution is 2.29. The Balaban J connectivity index is 1.70. The van der Waals surface area contributed by atoms with Crippen LogP contribution in [-0.4, -0.2) is 65.1 Å². The van der Waals surface area contributed by atoms with Crippen LogP contribution in [0.5, 0.6) is 0 Å². The van der Waals surface area contributed by atoms with Crippen LogP contribution in [0.3, 0.4) is 0 Å². The predicted molar refractivity (Wildman–Crippen MR) is 146 cm³/mol. The Bertz CT molecular complexity index is 1330. The number of carbonyl (C=O) groups is 2. The van der Waals surface area contributed by atoms with Crippen LogP contribution in [0, 0.1) is 0 Å². The molecule has 1 fully saturated rings. The molecule has 37 heavy (non-hydrogen) atoms. The molecule has 0 unspecified atom stereocenters. The summed E-state index contributed by atoms with van der Waals surface area (Å²) in [5, 5.41) is 16.7. The van der Waals surface area contributed by atoms with Gasteiger partial charge >= 0.3 is 0 Å². The van der Waals surface area contributed by atoms with Gasteiger partial charge in [0.05, 0.1) is 5.52 Å². The van der Waals surface area contributed by atoms with Gasteiger partial charge in [0.1, 0.15) is 12.4 Å². The lowest BCUT2D eigenvalue weighted by Crippen LogP contribution is -2.50. The maximum absolute atomic E-state index is 11.9. The molecular formula is C27H29ClN6O3. The number of benzene rings is 2. The molecule has 2 amide bonds. The van der Waals surface area contributed by atoms with Crippen LogP contribution in [0.1, 0.15) is 18.1 Å². The van der Waals surface area contributed by atoms with Crippen molar-refractivity contribution in [1.29, 1.82) is 0 Å². The van der Waals surface area contributed by atoms with Crippen molar-refractivity contribution in [2.45, 2.75) is 13.5 Å². The molecule has 0 spiro atoms. The average molecular weight is 521 g/mol. The van der Waals surface area contributed by atoms with Gasteiger partial charge in [0, 0.05) is 49.3 Å². The van der Waals surface area contributed by atoms with Crippen LogP contribution in [0.4, 0.5) is 11.8 Å². The van der Waals surface area contributed by atoms with E-state index in [0.717, 1.165) is 27.6 Å². The van der Waals surface area contributed by atoms with Gasteiger partial charge in [0.2, 0.25) is 18.3 Å². The summed E-state index contributed by atoms with van der Waals surface area (Å²) in [6.45, 7) is 4.05. The third-order valence-corrected chi connectivity index (χ3v) is 6.30. The first-order valence-electron chi connectivity index (χ1n) is 12.0. The van der Waals surface area contributed by atoms with Gasteiger partial charge < -0.3 is 25.5 Å². The van der Waals surface area contributed by atoms with Crippen molar-refractivity contribution in [2.24, 2.45) is 0 Å². The standard InChI is InChI=1S/C27H29ClN6O3/c1-2-4-21(16-29-18-36)20-7-8-24-23(14-20)26(30-15-19-5-3-6-22(28)13-19)32-27(31-24)34-11-9-33(10-12-34)25(37)17-35/h2-8,13-14,16,18,35H,9-12,15,17H2,1H3,(H,29,36)(H,30,31,32)/b4-2-,21-16+. The van der Waals surface area contributed by atoms with Crippen molar-refractivity contribution in [3.05, 3.63) is 77.0 Å². The molecule has 0 atom stereocenters. The molecule has 0 bridgehead atoms. The van der Waals surface area contributed by atoms with Crippen LogP contribution in [0.25, 0.3) is 16.5 Å². The number of nitrogens with one attached hydrogen (secondary N) is 2. The number of hydrogen-bond donors (Lipinski definition) is 3. The first-order chi connectivity index (χ1) is 18.0. The molecule has 1 aliphatic rings. The van der Waals surface area contributed by atoms with Gasteiger partial charge in [-0.2, -0.15) is 4.98 Å². The Labute approximate surface area is 220 Å². The molecule has 1 saturated heterocycles. The van der Waals surface area contributed by atoms with Crippen molar-refractivity contribution in [1.82, 2.24) is 20.2 Å². The number of carbonyl (C=O) groups excluding carboxylic acids is 2. The molecule has 1 aromatic heterocycles. The number of hydrogen-bond acceptors (Lipinski definition) is 7. The molecule has 4 rings (SSSR count). The van der Waals surface area contributed by atoms with Gasteiger partial charge in [-0.25, -0.2) is 4.98 Å². The number of rotatable bonds is 9. The fourth-order valence-electron chi connectivity index (χ4n) is 4.19. The molecule has 0 aliphatic carbocycles. The number of aromatic nitrogens is 2. The molecule has 192 valence electrons. The van der Waals surface area contributed by atoms with E-state index in [2.05, 4.69) is 10.6 Å². The number of allylic oxidation sites excluding steroid dienone is 3. The van der Waals surface area contributed by atoms with E-state index >= 15 is 0 Å². The van der Waals surface area contributed by atoms with Crippen LogP contribution in [0.2, 0.25) is 5.02 Å². The van der Waals surface area contributed by atoms with E-state index in [4.69, 9.17) is 26.7 Å². The van der Waals surface area contributed by atoms with E-state index in [1.165, 1.54) is 0 Å². The zero-order chi connectivity index (χ0) is 26.2. The lowest BCUT2D eigenvalue weighted by atomic mass is 10.0. The van der Waals surface area contributed by atoms with Gasteiger partial charge in [-0.1, -0.05) is 42.0 Å². The molecule has 3 aromatic rings. The van der Waals surface area contributed by atoms with Crippen LogP contribution in [-0.2, 0) is 16.1 Å². The summed E-state index contributed by atoms with van der Waals surface area (Å²) in [6, 6.07) is 13.5. The summed E-state index contributed by atoms with van der Waals surface area (Å²) in [6.07, 6.45) is 6.10. The molecule has 3 N–H and O–H groups in total. The number of aliphatic hydroxyl groups excluding tert-OH is 1. The Morgan fingerprint density at radius 1 is 1.14 bits per heavy atom. The minimum atomic E-state index is -0.488. The smallest absolute Gasteiger partial charge is 0.248 e. The molecule has 0 radical (unpaired) electrons. The van der Waals surface area contributed by atoms with Crippen LogP contribution < -0.4 is 15.5 Å². The maximum atomic E-state index is 11.9. The summed E-state index contributed by atoms with van der Waals surface area (Å²) < 4.78 is 0. The molecule has 1 aliphatic heterocycles. The van der Waals surface area contributed by atoms with Crippen molar-refractivity contribution >= 4 is 52.2 Å². The van der Waals surface area contributed by atoms with Crippen molar-refractivity contribution < 1.29 is 14.7 Å². The highest BCUT2D eigenvalue weighted by Gasteiger charge is 2.23. The minimum absolute atomic E-state index is 0.274. The van der Waals surface area contributed by atoms with Gasteiger partial charge in [0.15, 0.2) is 0 Å². The lowest BCUT2D eigenvalue weighted by Gasteiger charge is -2.34. The molecular weight excluding hydrogens is 492 g/mol. The SMILES string of the molecule is C/C=C\C(=C/NC=O)c1ccc2nc(N3CCN(C(=O)CO)CC3)nc(NCc3cccc(Cl)c3)c2c1. The fraction of sp³-hybridized carbons (Fsp3) is 0.259. The Morgan fingerprint density at radius 2 is 1.95 bits per heavy atom. The minimum Gasteiger partial charge on any atom is -0.387 e. The van der Waals surface area contributed by atoms with E-state index in [-0.39, 0.29) is 5.91 Å². The van der Waals surface area contributed by atoms with E-state index in [1.54, 1.807) is 11.1 Å². The van der Waals surface area contributed by atoms with E-state index < -0.39 is 6.61 Å². The zero-order valence-electron chi connectivity index (χ0n) is 20.5. The van der Waals surface area contributed by atoms with Crippen LogP contribution in [0.15, 0.2) is 60.8 Å². The summed E-state index contributed by atoms with van der Waals surface area (Å²) in [4.78, 5) is 36.1. The molecule has 0 saturated carbocycles. The monoisotopic (exact) mass is 520 g/mol. The highest BCUT2D eigenvalue weighted by atomic mass is 35.5. The molecule has 10 heteroatoms. The average Bonchev–Trinajstić information content (AvgIpc) is 2.93. The predicted octanol–water partition coefficient (Wildman–Crippen LogP) is 3.20. The number of piperazine rings is 1. The first kappa shape index (κ1) is 26.1. The maximum Gasteiger partial charge on any atom is 0.248 e. The topological polar surface area (TPSA) is 111 Å². The third-order valence-electron chi connectivity index (χ3n) is 6.07. The normalized spacial score (nSPS) is 14.3. The Kier molecular flexibility index (Phi) is 8.71. The van der Waals surface area contributed by atoms with Crippen molar-refractivity contribution in [2.75, 3.05) is 43.0 Å². The number of nitrogens with zero attached hydrogens (tertiary/aromatic N) is 4. The quantitative estimate of drug-likeness (QED) is 0.293. The fourth-order valence-corrected chi connectivity index (χ4v) is 4.40. The van der Waals surface area contributed by atoms with Crippen molar-refractivity contribution in [3.8, 4) is 0 Å². The van der Waals surface area contributed by atoms with Gasteiger partial charge in [-0.05, 0) is 47.9 Å². The second-order valence-electron chi connectivity index (χ2n) is 8.50. The third kappa shape index (κ3) is 6.44. The first-order valence-corrected chi connectivity index (χ1v) is 12.4. The van der Waals surface area contributed by atoms with Gasteiger partial charge in [0.25, 0.3) is 0 Å². The Morgan fingerprint density at radius 3 is 2.65 bits per heavy atom. The zero-order valence-corrected chi connectivity index (χ0v) is 21.3. The van der Waals surface area contributed by atoms with Crippen molar-refractivity contribution in [3.63, 3.8) is 0 Å². The molecule has 2 heterocycles. The second kappa shape index (κ2) is 12.3. The summed E-state index contributed by atoms with van der Waals surface area (Å²) in [7, 11) is 0.